The van der Waals surface area contributed by atoms with E-state index in [2.05, 4.69) is 11.4 Å². The summed E-state index contributed by atoms with van der Waals surface area (Å²) in [7, 11) is 0. The fourth-order valence-electron chi connectivity index (χ4n) is 2.00. The minimum absolute atomic E-state index is 0.00880. The quantitative estimate of drug-likeness (QED) is 0.891. The Hall–Kier alpha value is -2.34. The van der Waals surface area contributed by atoms with Gasteiger partial charge in [-0.05, 0) is 43.2 Å². The first-order valence-electron chi connectivity index (χ1n) is 6.13. The zero-order chi connectivity index (χ0) is 13.8. The predicted molar refractivity (Wildman–Crippen MR) is 74.3 cm³/mol. The first-order valence-corrected chi connectivity index (χ1v) is 6.13. The van der Waals surface area contributed by atoms with Gasteiger partial charge in [0.1, 0.15) is 11.9 Å². The minimum Gasteiger partial charge on any atom is -0.377 e. The molecule has 0 bridgehead atoms. The maximum absolute atomic E-state index is 12.9. The highest BCUT2D eigenvalue weighted by Gasteiger charge is 2.09. The van der Waals surface area contributed by atoms with Crippen molar-refractivity contribution >= 4 is 5.69 Å². The normalized spacial score (nSPS) is 11.7. The number of nitrogens with zero attached hydrogens (tertiary/aromatic N) is 1. The van der Waals surface area contributed by atoms with E-state index in [-0.39, 0.29) is 11.9 Å². The average Bonchev–Trinajstić information content (AvgIpc) is 2.39. The summed E-state index contributed by atoms with van der Waals surface area (Å²) in [5.74, 6) is -0.246. The second-order valence-corrected chi connectivity index (χ2v) is 4.53. The summed E-state index contributed by atoms with van der Waals surface area (Å²) in [5, 5.41) is 12.5. The van der Waals surface area contributed by atoms with Gasteiger partial charge in [0.25, 0.3) is 0 Å². The van der Waals surface area contributed by atoms with Crippen molar-refractivity contribution in [1.29, 1.82) is 5.26 Å². The number of halogens is 1. The van der Waals surface area contributed by atoms with Gasteiger partial charge in [0.15, 0.2) is 0 Å². The highest BCUT2D eigenvalue weighted by atomic mass is 19.1. The average molecular weight is 254 g/mol. The highest BCUT2D eigenvalue weighted by molar-refractivity contribution is 5.61. The number of hydrogen-bond donors (Lipinski definition) is 1. The van der Waals surface area contributed by atoms with Crippen LogP contribution in [0.15, 0.2) is 42.5 Å². The third-order valence-electron chi connectivity index (χ3n) is 3.13. The maximum atomic E-state index is 12.9. The fraction of sp³-hybridized carbons (Fsp3) is 0.188. The van der Waals surface area contributed by atoms with E-state index in [1.165, 1.54) is 12.1 Å². The van der Waals surface area contributed by atoms with E-state index >= 15 is 0 Å². The van der Waals surface area contributed by atoms with Crippen molar-refractivity contribution in [3.05, 3.63) is 65.0 Å². The Labute approximate surface area is 112 Å². The number of nitriles is 1. The molecule has 3 heteroatoms. The van der Waals surface area contributed by atoms with Crippen LogP contribution in [0, 0.1) is 24.1 Å². The molecule has 2 nitrogen and oxygen atoms in total. The van der Waals surface area contributed by atoms with Crippen LogP contribution >= 0.6 is 0 Å². The van der Waals surface area contributed by atoms with Crippen LogP contribution in [-0.2, 0) is 0 Å². The van der Waals surface area contributed by atoms with Crippen molar-refractivity contribution in [2.24, 2.45) is 0 Å². The molecule has 1 N–H and O–H groups in total. The lowest BCUT2D eigenvalue weighted by Crippen LogP contribution is -2.08. The number of hydrogen-bond acceptors (Lipinski definition) is 2. The molecule has 96 valence electrons. The van der Waals surface area contributed by atoms with Crippen molar-refractivity contribution in [3.8, 4) is 6.07 Å². The molecule has 0 aliphatic heterocycles. The summed E-state index contributed by atoms with van der Waals surface area (Å²) < 4.78 is 12.9. The van der Waals surface area contributed by atoms with Crippen molar-refractivity contribution in [3.63, 3.8) is 0 Å². The van der Waals surface area contributed by atoms with Crippen LogP contribution in [-0.4, -0.2) is 0 Å². The van der Waals surface area contributed by atoms with Crippen molar-refractivity contribution < 1.29 is 4.39 Å². The molecule has 0 amide bonds. The second-order valence-electron chi connectivity index (χ2n) is 4.53. The topological polar surface area (TPSA) is 35.8 Å². The van der Waals surface area contributed by atoms with Gasteiger partial charge in [-0.2, -0.15) is 5.26 Å². The Morgan fingerprint density at radius 2 is 1.84 bits per heavy atom. The van der Waals surface area contributed by atoms with Gasteiger partial charge in [0.2, 0.25) is 0 Å². The van der Waals surface area contributed by atoms with Gasteiger partial charge in [-0.3, -0.25) is 0 Å². The van der Waals surface area contributed by atoms with E-state index in [1.54, 1.807) is 12.1 Å². The van der Waals surface area contributed by atoms with E-state index in [1.807, 2.05) is 32.0 Å². The summed E-state index contributed by atoms with van der Waals surface area (Å²) in [6, 6.07) is 14.3. The standard InChI is InChI=1S/C16H15FN2/c1-11-4-3-5-16(15(11)10-18)19-12(2)13-6-8-14(17)9-7-13/h3-9,12,19H,1-2H3. The maximum Gasteiger partial charge on any atom is 0.123 e. The zero-order valence-electron chi connectivity index (χ0n) is 10.9. The van der Waals surface area contributed by atoms with E-state index in [4.69, 9.17) is 0 Å². The van der Waals surface area contributed by atoms with E-state index in [0.29, 0.717) is 5.56 Å². The summed E-state index contributed by atoms with van der Waals surface area (Å²) in [4.78, 5) is 0. The minimum atomic E-state index is -0.246. The summed E-state index contributed by atoms with van der Waals surface area (Å²) >= 11 is 0. The van der Waals surface area contributed by atoms with Crippen molar-refractivity contribution in [2.75, 3.05) is 5.32 Å². The van der Waals surface area contributed by atoms with Gasteiger partial charge >= 0.3 is 0 Å². The molecule has 0 spiro atoms. The van der Waals surface area contributed by atoms with Crippen molar-refractivity contribution in [1.82, 2.24) is 0 Å². The molecule has 0 saturated carbocycles. The molecular formula is C16H15FN2. The lowest BCUT2D eigenvalue weighted by molar-refractivity contribution is 0.626. The molecule has 1 atom stereocenters. The molecule has 1 unspecified atom stereocenters. The summed E-state index contributed by atoms with van der Waals surface area (Å²) in [5.41, 5.74) is 3.38. The molecule has 0 fully saturated rings. The number of benzene rings is 2. The Morgan fingerprint density at radius 1 is 1.16 bits per heavy atom. The molecule has 2 rings (SSSR count). The van der Waals surface area contributed by atoms with Crippen LogP contribution < -0.4 is 5.32 Å². The van der Waals surface area contributed by atoms with Crippen molar-refractivity contribution in [2.45, 2.75) is 19.9 Å². The molecule has 2 aromatic carbocycles. The van der Waals surface area contributed by atoms with Crippen LogP contribution in [0.3, 0.4) is 0 Å². The van der Waals surface area contributed by atoms with Crippen LogP contribution in [0.5, 0.6) is 0 Å². The summed E-state index contributed by atoms with van der Waals surface area (Å²) in [6.45, 7) is 3.89. The Kier molecular flexibility index (Phi) is 3.82. The molecule has 0 radical (unpaired) electrons. The van der Waals surface area contributed by atoms with E-state index in [0.717, 1.165) is 16.8 Å². The van der Waals surface area contributed by atoms with Crippen LogP contribution in [0.4, 0.5) is 10.1 Å². The Bertz CT molecular complexity index is 612. The van der Waals surface area contributed by atoms with Crippen LogP contribution in [0.2, 0.25) is 0 Å². The Morgan fingerprint density at radius 3 is 2.47 bits per heavy atom. The van der Waals surface area contributed by atoms with Gasteiger partial charge in [-0.1, -0.05) is 24.3 Å². The van der Waals surface area contributed by atoms with E-state index in [9.17, 15) is 9.65 Å². The van der Waals surface area contributed by atoms with Gasteiger partial charge in [0, 0.05) is 6.04 Å². The first-order chi connectivity index (χ1) is 9.11. The smallest absolute Gasteiger partial charge is 0.123 e. The number of rotatable bonds is 3. The molecule has 0 heterocycles. The predicted octanol–water partition coefficient (Wildman–Crippen LogP) is 4.18. The molecule has 19 heavy (non-hydrogen) atoms. The SMILES string of the molecule is Cc1cccc(NC(C)c2ccc(F)cc2)c1C#N. The van der Waals surface area contributed by atoms with Gasteiger partial charge in [0.05, 0.1) is 11.3 Å². The largest absolute Gasteiger partial charge is 0.377 e. The highest BCUT2D eigenvalue weighted by Crippen LogP contribution is 2.24. The lowest BCUT2D eigenvalue weighted by Gasteiger charge is -2.17. The molecule has 0 aliphatic rings. The third kappa shape index (κ3) is 2.92. The summed E-state index contributed by atoms with van der Waals surface area (Å²) in [6.07, 6.45) is 0. The lowest BCUT2D eigenvalue weighted by atomic mass is 10.0. The van der Waals surface area contributed by atoms with Crippen LogP contribution in [0.1, 0.15) is 29.7 Å². The Balaban J connectivity index is 2.24. The number of anilines is 1. The molecular weight excluding hydrogens is 239 g/mol. The number of nitrogens with one attached hydrogen (secondary N) is 1. The van der Waals surface area contributed by atoms with E-state index < -0.39 is 0 Å². The first kappa shape index (κ1) is 13.1. The molecule has 0 saturated heterocycles. The molecule has 0 aromatic heterocycles. The van der Waals surface area contributed by atoms with Crippen LogP contribution in [0.25, 0.3) is 0 Å². The monoisotopic (exact) mass is 254 g/mol. The fourth-order valence-corrected chi connectivity index (χ4v) is 2.00. The zero-order valence-corrected chi connectivity index (χ0v) is 10.9. The molecule has 0 aliphatic carbocycles. The second kappa shape index (κ2) is 5.53. The van der Waals surface area contributed by atoms with Gasteiger partial charge in [-0.25, -0.2) is 4.39 Å². The van der Waals surface area contributed by atoms with Gasteiger partial charge in [-0.15, -0.1) is 0 Å². The molecule has 2 aromatic rings. The number of aryl methyl sites for hydroxylation is 1. The third-order valence-corrected chi connectivity index (χ3v) is 3.13. The van der Waals surface area contributed by atoms with Gasteiger partial charge < -0.3 is 5.32 Å².